The van der Waals surface area contributed by atoms with Crippen LogP contribution in [0.25, 0.3) is 0 Å². The Morgan fingerprint density at radius 2 is 2.17 bits per heavy atom. The van der Waals surface area contributed by atoms with E-state index in [9.17, 15) is 24.3 Å². The number of nitrogens with two attached hydrogens (primary N) is 1. The van der Waals surface area contributed by atoms with Crippen molar-refractivity contribution >= 4 is 57.7 Å². The highest BCUT2D eigenvalue weighted by molar-refractivity contribution is 8.00. The number of aromatic nitrogens is 2. The van der Waals surface area contributed by atoms with Gasteiger partial charge in [-0.25, -0.2) is 19.1 Å². The van der Waals surface area contributed by atoms with Crippen molar-refractivity contribution in [1.29, 1.82) is 0 Å². The second-order valence-electron chi connectivity index (χ2n) is 7.57. The molecule has 0 aliphatic carbocycles. The van der Waals surface area contributed by atoms with E-state index in [1.165, 1.54) is 37.6 Å². The summed E-state index contributed by atoms with van der Waals surface area (Å²) in [7, 11) is 2.53. The quantitative estimate of drug-likeness (QED) is 0.133. The third-order valence-electron chi connectivity index (χ3n) is 5.35. The lowest BCUT2D eigenvalue weighted by Crippen LogP contribution is -2.71. The summed E-state index contributed by atoms with van der Waals surface area (Å²) in [6, 6.07) is 2.25. The SMILES string of the molecule is CO/N=C(\C(=O)N[C@@H]1C(=O)N2C(C(=O)O)=C(C[n+]3cccc(C(=O)OC)c3)CS[C@H]12)c1csc(N)n1. The number of methoxy groups -OCH3 is 1. The van der Waals surface area contributed by atoms with Crippen LogP contribution in [0.1, 0.15) is 16.1 Å². The van der Waals surface area contributed by atoms with E-state index in [0.717, 1.165) is 16.2 Å². The maximum Gasteiger partial charge on any atom is 0.352 e. The summed E-state index contributed by atoms with van der Waals surface area (Å²) in [5.74, 6) is -2.78. The Morgan fingerprint density at radius 1 is 1.39 bits per heavy atom. The molecule has 4 rings (SSSR count). The van der Waals surface area contributed by atoms with E-state index in [2.05, 4.69) is 15.5 Å². The molecular formula is C21H21N6O7S2+. The number of carbonyl (C=O) groups excluding carboxylic acids is 3. The molecule has 188 valence electrons. The molecule has 4 N–H and O–H groups in total. The van der Waals surface area contributed by atoms with Crippen LogP contribution in [0.15, 0.2) is 46.3 Å². The van der Waals surface area contributed by atoms with E-state index >= 15 is 0 Å². The minimum Gasteiger partial charge on any atom is -0.477 e. The van der Waals surface area contributed by atoms with Gasteiger partial charge in [-0.15, -0.1) is 23.1 Å². The topological polar surface area (TPSA) is 177 Å². The van der Waals surface area contributed by atoms with Crippen LogP contribution < -0.4 is 15.6 Å². The molecule has 0 aromatic carbocycles. The Labute approximate surface area is 212 Å². The van der Waals surface area contributed by atoms with Gasteiger partial charge in [-0.2, -0.15) is 0 Å². The zero-order chi connectivity index (χ0) is 26.0. The van der Waals surface area contributed by atoms with E-state index in [1.807, 2.05) is 0 Å². The van der Waals surface area contributed by atoms with E-state index in [-0.39, 0.29) is 28.8 Å². The molecule has 0 spiro atoms. The van der Waals surface area contributed by atoms with Gasteiger partial charge in [0.25, 0.3) is 11.8 Å². The number of amides is 2. The Balaban J connectivity index is 1.54. The molecule has 1 fully saturated rings. The lowest BCUT2D eigenvalue weighted by atomic mass is 10.0. The van der Waals surface area contributed by atoms with Crippen molar-refractivity contribution < 1.29 is 38.4 Å². The molecule has 0 radical (unpaired) electrons. The van der Waals surface area contributed by atoms with Crippen LogP contribution >= 0.6 is 23.1 Å². The zero-order valence-electron chi connectivity index (χ0n) is 19.0. The predicted molar refractivity (Wildman–Crippen MR) is 128 cm³/mol. The number of nitrogens with one attached hydrogen (secondary N) is 1. The minimum absolute atomic E-state index is 0.142. The fraction of sp³-hybridized carbons (Fsp3) is 0.286. The van der Waals surface area contributed by atoms with Crippen molar-refractivity contribution in [2.24, 2.45) is 5.16 Å². The van der Waals surface area contributed by atoms with Gasteiger partial charge in [-0.1, -0.05) is 5.16 Å². The third-order valence-corrected chi connectivity index (χ3v) is 7.36. The Bertz CT molecular complexity index is 1310. The molecule has 1 saturated heterocycles. The van der Waals surface area contributed by atoms with Gasteiger partial charge in [-0.3, -0.25) is 14.5 Å². The fourth-order valence-electron chi connectivity index (χ4n) is 3.79. The summed E-state index contributed by atoms with van der Waals surface area (Å²) in [6.45, 7) is 0.142. The van der Waals surface area contributed by atoms with Crippen molar-refractivity contribution in [2.75, 3.05) is 25.7 Å². The maximum absolute atomic E-state index is 13.0. The Morgan fingerprint density at radius 3 is 2.81 bits per heavy atom. The lowest BCUT2D eigenvalue weighted by Gasteiger charge is -2.49. The Kier molecular flexibility index (Phi) is 7.21. The van der Waals surface area contributed by atoms with Crippen LogP contribution in [-0.2, 0) is 30.5 Å². The highest BCUT2D eigenvalue weighted by Crippen LogP contribution is 2.40. The second-order valence-corrected chi connectivity index (χ2v) is 9.56. The van der Waals surface area contributed by atoms with Crippen molar-refractivity contribution in [3.05, 3.63) is 52.4 Å². The molecule has 36 heavy (non-hydrogen) atoms. The average Bonchev–Trinajstić information content (AvgIpc) is 3.30. The first-order valence-corrected chi connectivity index (χ1v) is 12.3. The first-order valence-electron chi connectivity index (χ1n) is 10.4. The number of thiazole rings is 1. The number of hydrogen-bond donors (Lipinski definition) is 3. The molecule has 2 atom stereocenters. The smallest absolute Gasteiger partial charge is 0.352 e. The number of hydrogen-bond acceptors (Lipinski definition) is 11. The van der Waals surface area contributed by atoms with Crippen LogP contribution in [0.4, 0.5) is 5.13 Å². The van der Waals surface area contributed by atoms with Gasteiger partial charge < -0.3 is 25.7 Å². The standard InChI is InChI=1S/C21H20N6O7S2/c1-33-20(32)10-4-3-5-26(6-10)7-11-8-35-18-14(17(29)27(18)15(11)19(30)31)24-16(28)13(25-34-2)12-9-36-21(22)23-12/h3-6,9,14,18H,7-8H2,1-2H3,(H3-,22,23,24,28,30,31)/p+1/b25-13-/t14-,18-/m1/s1. The number of ether oxygens (including phenoxy) is 1. The normalized spacial score (nSPS) is 19.3. The van der Waals surface area contributed by atoms with Gasteiger partial charge in [0.15, 0.2) is 29.8 Å². The van der Waals surface area contributed by atoms with Crippen LogP contribution in [0.2, 0.25) is 0 Å². The van der Waals surface area contributed by atoms with E-state index in [0.29, 0.717) is 16.9 Å². The minimum atomic E-state index is -1.27. The van der Waals surface area contributed by atoms with E-state index in [4.69, 9.17) is 15.3 Å². The number of carbonyl (C=O) groups is 4. The van der Waals surface area contributed by atoms with Crippen LogP contribution in [-0.4, -0.2) is 75.8 Å². The Hall–Kier alpha value is -3.98. The number of rotatable bonds is 8. The number of β-lactam (4-membered cyclic amide) rings is 1. The maximum atomic E-state index is 13.0. The average molecular weight is 534 g/mol. The zero-order valence-corrected chi connectivity index (χ0v) is 20.7. The molecule has 4 heterocycles. The van der Waals surface area contributed by atoms with Crippen LogP contribution in [0, 0.1) is 0 Å². The summed E-state index contributed by atoms with van der Waals surface area (Å²) in [5, 5.41) is 17.3. The second kappa shape index (κ2) is 10.3. The predicted octanol–water partition coefficient (Wildman–Crippen LogP) is -0.411. The van der Waals surface area contributed by atoms with Crippen molar-refractivity contribution in [3.8, 4) is 0 Å². The van der Waals surface area contributed by atoms with Gasteiger partial charge in [0.05, 0.1) is 7.11 Å². The monoisotopic (exact) mass is 533 g/mol. The fourth-order valence-corrected chi connectivity index (χ4v) is 5.67. The highest BCUT2D eigenvalue weighted by atomic mass is 32.2. The number of carboxylic acids is 1. The number of anilines is 1. The summed E-state index contributed by atoms with van der Waals surface area (Å²) >= 11 is 2.43. The number of carboxylic acid groups (broad SMARTS) is 1. The molecule has 2 amide bonds. The molecule has 0 saturated carbocycles. The number of esters is 1. The van der Waals surface area contributed by atoms with Gasteiger partial charge in [0.2, 0.25) is 0 Å². The highest BCUT2D eigenvalue weighted by Gasteiger charge is 2.54. The number of aliphatic carboxylic acids is 1. The number of fused-ring (bicyclic) bond motifs is 1. The van der Waals surface area contributed by atoms with E-state index < -0.39 is 35.2 Å². The van der Waals surface area contributed by atoms with Crippen molar-refractivity contribution in [3.63, 3.8) is 0 Å². The van der Waals surface area contributed by atoms with Crippen LogP contribution in [0.3, 0.4) is 0 Å². The lowest BCUT2D eigenvalue weighted by molar-refractivity contribution is -0.689. The molecule has 0 bridgehead atoms. The van der Waals surface area contributed by atoms with Gasteiger partial charge >= 0.3 is 11.9 Å². The number of nitrogens with zero attached hydrogens (tertiary/aromatic N) is 4. The molecule has 2 aliphatic rings. The molecule has 2 aliphatic heterocycles. The summed E-state index contributed by atoms with van der Waals surface area (Å²) in [5.41, 5.74) is 6.30. The molecule has 2 aromatic rings. The van der Waals surface area contributed by atoms with Crippen LogP contribution in [0.5, 0.6) is 0 Å². The number of thioether (sulfide) groups is 1. The van der Waals surface area contributed by atoms with Gasteiger partial charge in [0, 0.05) is 22.8 Å². The molecule has 15 heteroatoms. The van der Waals surface area contributed by atoms with Crippen molar-refractivity contribution in [1.82, 2.24) is 15.2 Å². The largest absolute Gasteiger partial charge is 0.477 e. The molecule has 2 aromatic heterocycles. The van der Waals surface area contributed by atoms with Gasteiger partial charge in [0.1, 0.15) is 35.5 Å². The van der Waals surface area contributed by atoms with E-state index in [1.54, 1.807) is 22.9 Å². The third kappa shape index (κ3) is 4.74. The first-order chi connectivity index (χ1) is 17.2. The number of oxime groups is 1. The van der Waals surface area contributed by atoms with Gasteiger partial charge in [-0.05, 0) is 6.07 Å². The summed E-state index contributed by atoms with van der Waals surface area (Å²) < 4.78 is 6.36. The summed E-state index contributed by atoms with van der Waals surface area (Å²) in [6.07, 6.45) is 3.22. The summed E-state index contributed by atoms with van der Waals surface area (Å²) in [4.78, 5) is 59.7. The molecule has 13 nitrogen and oxygen atoms in total. The first kappa shape index (κ1) is 25.1. The number of nitrogen functional groups attached to an aromatic ring is 1. The van der Waals surface area contributed by atoms with Crippen molar-refractivity contribution in [2.45, 2.75) is 18.0 Å². The molecular weight excluding hydrogens is 512 g/mol. The number of pyridine rings is 1. The molecule has 0 unspecified atom stereocenters.